The van der Waals surface area contributed by atoms with Gasteiger partial charge in [0.15, 0.2) is 0 Å². The van der Waals surface area contributed by atoms with E-state index in [1.807, 2.05) is 19.1 Å². The highest BCUT2D eigenvalue weighted by Crippen LogP contribution is 2.32. The molecule has 2 rings (SSSR count). The van der Waals surface area contributed by atoms with E-state index in [9.17, 15) is 4.39 Å². The smallest absolute Gasteiger partial charge is 0.127 e. The van der Waals surface area contributed by atoms with Crippen molar-refractivity contribution >= 4 is 0 Å². The summed E-state index contributed by atoms with van der Waals surface area (Å²) in [5.41, 5.74) is 0.772. The Kier molecular flexibility index (Phi) is 3.37. The van der Waals surface area contributed by atoms with E-state index in [1.165, 1.54) is 25.3 Å². The summed E-state index contributed by atoms with van der Waals surface area (Å²) >= 11 is 0. The zero-order valence-electron chi connectivity index (χ0n) is 9.17. The Hall–Kier alpha value is -0.890. The quantitative estimate of drug-likeness (QED) is 0.781. The highest BCUT2D eigenvalue weighted by atomic mass is 19.1. The second-order valence-corrected chi connectivity index (χ2v) is 4.43. The third-order valence-electron chi connectivity index (χ3n) is 3.07. The first-order valence-corrected chi connectivity index (χ1v) is 5.75. The zero-order chi connectivity index (χ0) is 10.7. The maximum absolute atomic E-state index is 13.4. The van der Waals surface area contributed by atoms with Gasteiger partial charge in [0.05, 0.1) is 0 Å². The van der Waals surface area contributed by atoms with E-state index in [4.69, 9.17) is 0 Å². The lowest BCUT2D eigenvalue weighted by Gasteiger charge is -2.14. The van der Waals surface area contributed by atoms with Gasteiger partial charge < -0.3 is 5.32 Å². The SMILES string of the molecule is CC(NCCC1CC1)c1ccccc1F. The predicted octanol–water partition coefficient (Wildman–Crippen LogP) is 3.28. The molecule has 1 atom stereocenters. The molecule has 0 aromatic heterocycles. The minimum Gasteiger partial charge on any atom is -0.310 e. The highest BCUT2D eigenvalue weighted by Gasteiger charge is 2.20. The summed E-state index contributed by atoms with van der Waals surface area (Å²) < 4.78 is 13.4. The largest absolute Gasteiger partial charge is 0.310 e. The second kappa shape index (κ2) is 4.75. The summed E-state index contributed by atoms with van der Waals surface area (Å²) in [6, 6.07) is 7.11. The van der Waals surface area contributed by atoms with Crippen molar-refractivity contribution in [3.05, 3.63) is 35.6 Å². The summed E-state index contributed by atoms with van der Waals surface area (Å²) in [6.45, 7) is 3.02. The molecule has 1 aliphatic carbocycles. The molecule has 0 radical (unpaired) electrons. The van der Waals surface area contributed by atoms with Crippen molar-refractivity contribution in [2.45, 2.75) is 32.2 Å². The van der Waals surface area contributed by atoms with Crippen LogP contribution < -0.4 is 5.32 Å². The first-order chi connectivity index (χ1) is 7.27. The molecule has 1 unspecified atom stereocenters. The van der Waals surface area contributed by atoms with Crippen molar-refractivity contribution in [1.29, 1.82) is 0 Å². The van der Waals surface area contributed by atoms with Crippen molar-refractivity contribution in [3.63, 3.8) is 0 Å². The minimum atomic E-state index is -0.107. The Morgan fingerprint density at radius 3 is 2.80 bits per heavy atom. The van der Waals surface area contributed by atoms with Gasteiger partial charge >= 0.3 is 0 Å². The van der Waals surface area contributed by atoms with Crippen LogP contribution in [-0.4, -0.2) is 6.54 Å². The van der Waals surface area contributed by atoms with Crippen LogP contribution in [0.3, 0.4) is 0 Å². The number of nitrogens with one attached hydrogen (secondary N) is 1. The van der Waals surface area contributed by atoms with E-state index in [2.05, 4.69) is 5.32 Å². The van der Waals surface area contributed by atoms with Gasteiger partial charge in [-0.1, -0.05) is 31.0 Å². The lowest BCUT2D eigenvalue weighted by atomic mass is 10.1. The van der Waals surface area contributed by atoms with Gasteiger partial charge in [0.1, 0.15) is 5.82 Å². The molecule has 0 spiro atoms. The molecule has 1 fully saturated rings. The Balaban J connectivity index is 1.83. The Morgan fingerprint density at radius 1 is 1.40 bits per heavy atom. The maximum atomic E-state index is 13.4. The van der Waals surface area contributed by atoms with Crippen LogP contribution >= 0.6 is 0 Å². The molecule has 15 heavy (non-hydrogen) atoms. The van der Waals surface area contributed by atoms with E-state index < -0.39 is 0 Å². The minimum absolute atomic E-state index is 0.107. The highest BCUT2D eigenvalue weighted by molar-refractivity contribution is 5.20. The van der Waals surface area contributed by atoms with Crippen LogP contribution in [0.1, 0.15) is 37.8 Å². The Morgan fingerprint density at radius 2 is 2.13 bits per heavy atom. The zero-order valence-corrected chi connectivity index (χ0v) is 9.17. The molecular weight excluding hydrogens is 189 g/mol. The number of benzene rings is 1. The molecule has 1 nitrogen and oxygen atoms in total. The van der Waals surface area contributed by atoms with Crippen molar-refractivity contribution in [2.75, 3.05) is 6.54 Å². The fraction of sp³-hybridized carbons (Fsp3) is 0.538. The first kappa shape index (κ1) is 10.6. The van der Waals surface area contributed by atoms with E-state index in [-0.39, 0.29) is 11.9 Å². The monoisotopic (exact) mass is 207 g/mol. The standard InChI is InChI=1S/C13H18FN/c1-10(15-9-8-11-6-7-11)12-4-2-3-5-13(12)14/h2-5,10-11,15H,6-9H2,1H3. The molecule has 0 heterocycles. The van der Waals surface area contributed by atoms with Crippen molar-refractivity contribution in [2.24, 2.45) is 5.92 Å². The average molecular weight is 207 g/mol. The molecule has 0 aliphatic heterocycles. The number of hydrogen-bond donors (Lipinski definition) is 1. The summed E-state index contributed by atoms with van der Waals surface area (Å²) in [6.07, 6.45) is 4.00. The van der Waals surface area contributed by atoms with Crippen molar-refractivity contribution < 1.29 is 4.39 Å². The molecule has 1 aliphatic rings. The molecule has 82 valence electrons. The molecule has 0 saturated heterocycles. The number of hydrogen-bond acceptors (Lipinski definition) is 1. The lowest BCUT2D eigenvalue weighted by molar-refractivity contribution is 0.510. The fourth-order valence-electron chi connectivity index (χ4n) is 1.85. The van der Waals surface area contributed by atoms with Gasteiger partial charge in [-0.25, -0.2) is 4.39 Å². The van der Waals surface area contributed by atoms with Gasteiger partial charge in [-0.2, -0.15) is 0 Å². The molecule has 2 heteroatoms. The van der Waals surface area contributed by atoms with Gasteiger partial charge in [-0.05, 0) is 31.9 Å². The van der Waals surface area contributed by atoms with Crippen molar-refractivity contribution in [1.82, 2.24) is 5.32 Å². The van der Waals surface area contributed by atoms with Gasteiger partial charge in [0.2, 0.25) is 0 Å². The van der Waals surface area contributed by atoms with Gasteiger partial charge in [-0.15, -0.1) is 0 Å². The molecule has 1 saturated carbocycles. The van der Waals surface area contributed by atoms with Crippen LogP contribution in [0.5, 0.6) is 0 Å². The van der Waals surface area contributed by atoms with Crippen LogP contribution in [0, 0.1) is 11.7 Å². The lowest BCUT2D eigenvalue weighted by Crippen LogP contribution is -2.21. The van der Waals surface area contributed by atoms with Crippen LogP contribution in [0.4, 0.5) is 4.39 Å². The third-order valence-corrected chi connectivity index (χ3v) is 3.07. The predicted molar refractivity (Wildman–Crippen MR) is 60.2 cm³/mol. The molecule has 0 bridgehead atoms. The number of halogens is 1. The summed E-state index contributed by atoms with van der Waals surface area (Å²) in [5, 5.41) is 3.37. The fourth-order valence-corrected chi connectivity index (χ4v) is 1.85. The summed E-state index contributed by atoms with van der Waals surface area (Å²) in [4.78, 5) is 0. The van der Waals surface area contributed by atoms with Crippen LogP contribution in [0.25, 0.3) is 0 Å². The van der Waals surface area contributed by atoms with Gasteiger partial charge in [-0.3, -0.25) is 0 Å². The van der Waals surface area contributed by atoms with Crippen LogP contribution in [0.2, 0.25) is 0 Å². The number of rotatable bonds is 5. The molecular formula is C13H18FN. The van der Waals surface area contributed by atoms with Crippen molar-refractivity contribution in [3.8, 4) is 0 Å². The van der Waals surface area contributed by atoms with Crippen LogP contribution in [-0.2, 0) is 0 Å². The van der Waals surface area contributed by atoms with E-state index >= 15 is 0 Å². The Labute approximate surface area is 90.7 Å². The topological polar surface area (TPSA) is 12.0 Å². The second-order valence-electron chi connectivity index (χ2n) is 4.43. The third kappa shape index (κ3) is 3.03. The summed E-state index contributed by atoms with van der Waals surface area (Å²) in [5.74, 6) is 0.828. The Bertz CT molecular complexity index is 320. The van der Waals surface area contributed by atoms with Crippen LogP contribution in [0.15, 0.2) is 24.3 Å². The average Bonchev–Trinajstić information content (AvgIpc) is 3.02. The van der Waals surface area contributed by atoms with Gasteiger partial charge in [0.25, 0.3) is 0 Å². The molecule has 1 aromatic rings. The van der Waals surface area contributed by atoms with Gasteiger partial charge in [0, 0.05) is 11.6 Å². The molecule has 0 amide bonds. The van der Waals surface area contributed by atoms with E-state index in [0.29, 0.717) is 0 Å². The molecule has 1 N–H and O–H groups in total. The first-order valence-electron chi connectivity index (χ1n) is 5.75. The normalized spacial score (nSPS) is 17.7. The maximum Gasteiger partial charge on any atom is 0.127 e. The van der Waals surface area contributed by atoms with E-state index in [0.717, 1.165) is 18.0 Å². The molecule has 1 aromatic carbocycles. The van der Waals surface area contributed by atoms with E-state index in [1.54, 1.807) is 6.07 Å². The summed E-state index contributed by atoms with van der Waals surface area (Å²) in [7, 11) is 0.